The number of rotatable bonds is 5. The molecule has 0 aliphatic carbocycles. The zero-order chi connectivity index (χ0) is 14.5. The molecule has 0 unspecified atom stereocenters. The van der Waals surface area contributed by atoms with E-state index < -0.39 is 0 Å². The first-order valence-electron chi connectivity index (χ1n) is 6.49. The van der Waals surface area contributed by atoms with E-state index in [1.54, 1.807) is 12.1 Å². The van der Waals surface area contributed by atoms with Gasteiger partial charge in [0.05, 0.1) is 5.69 Å². The predicted molar refractivity (Wildman–Crippen MR) is 80.3 cm³/mol. The summed E-state index contributed by atoms with van der Waals surface area (Å²) in [6, 6.07) is 12.0. The number of benzene rings is 2. The molecule has 0 radical (unpaired) electrons. The second kappa shape index (κ2) is 6.39. The first-order valence-corrected chi connectivity index (χ1v) is 6.49. The summed E-state index contributed by atoms with van der Waals surface area (Å²) < 4.78 is 18.9. The molecule has 2 aromatic rings. The maximum Gasteiger partial charge on any atom is 0.142 e. The molecular weight excluding hydrogens is 255 g/mol. The van der Waals surface area contributed by atoms with E-state index in [2.05, 4.69) is 0 Å². The second-order valence-electron chi connectivity index (χ2n) is 4.91. The van der Waals surface area contributed by atoms with E-state index >= 15 is 0 Å². The van der Waals surface area contributed by atoms with Crippen LogP contribution in [0, 0.1) is 5.82 Å². The Morgan fingerprint density at radius 2 is 1.85 bits per heavy atom. The average Bonchev–Trinajstić information content (AvgIpc) is 2.40. The molecule has 0 heterocycles. The van der Waals surface area contributed by atoms with Crippen LogP contribution in [0.15, 0.2) is 42.5 Å². The highest BCUT2D eigenvalue weighted by Gasteiger charge is 2.05. The molecule has 0 saturated heterocycles. The van der Waals surface area contributed by atoms with Crippen molar-refractivity contribution in [3.05, 3.63) is 48.3 Å². The van der Waals surface area contributed by atoms with Gasteiger partial charge in [-0.1, -0.05) is 18.2 Å². The topological polar surface area (TPSA) is 38.5 Å². The Bertz CT molecular complexity index is 584. The van der Waals surface area contributed by atoms with Crippen molar-refractivity contribution in [1.82, 2.24) is 4.90 Å². The normalized spacial score (nSPS) is 10.8. The number of nitrogens with zero attached hydrogens (tertiary/aromatic N) is 1. The largest absolute Gasteiger partial charge is 0.490 e. The monoisotopic (exact) mass is 274 g/mol. The third kappa shape index (κ3) is 3.71. The van der Waals surface area contributed by atoms with Gasteiger partial charge in [0.2, 0.25) is 0 Å². The summed E-state index contributed by atoms with van der Waals surface area (Å²) in [6.07, 6.45) is 0. The van der Waals surface area contributed by atoms with Crippen LogP contribution in [0.1, 0.15) is 0 Å². The maximum absolute atomic E-state index is 13.3. The highest BCUT2D eigenvalue weighted by atomic mass is 19.1. The van der Waals surface area contributed by atoms with Gasteiger partial charge in [0.15, 0.2) is 0 Å². The lowest BCUT2D eigenvalue weighted by molar-refractivity contribution is 0.262. The van der Waals surface area contributed by atoms with Crippen molar-refractivity contribution < 1.29 is 9.13 Å². The van der Waals surface area contributed by atoms with E-state index in [0.29, 0.717) is 18.0 Å². The van der Waals surface area contributed by atoms with E-state index in [-0.39, 0.29) is 5.82 Å². The predicted octanol–water partition coefficient (Wildman–Crippen LogP) is 3.02. The molecule has 0 aliphatic heterocycles. The van der Waals surface area contributed by atoms with Gasteiger partial charge in [-0.05, 0) is 49.5 Å². The lowest BCUT2D eigenvalue weighted by atomic mass is 10.0. The van der Waals surface area contributed by atoms with E-state index in [1.807, 2.05) is 37.2 Å². The van der Waals surface area contributed by atoms with Crippen LogP contribution in [0.5, 0.6) is 5.75 Å². The fraction of sp³-hybridized carbons (Fsp3) is 0.250. The van der Waals surface area contributed by atoms with E-state index in [0.717, 1.165) is 17.7 Å². The molecule has 0 aliphatic rings. The van der Waals surface area contributed by atoms with Crippen LogP contribution in [-0.2, 0) is 0 Å². The number of nitrogens with two attached hydrogens (primary N) is 1. The number of nitrogen functional groups attached to an aromatic ring is 1. The quantitative estimate of drug-likeness (QED) is 0.852. The molecule has 0 atom stereocenters. The molecular formula is C16H19FN2O. The summed E-state index contributed by atoms with van der Waals surface area (Å²) >= 11 is 0. The van der Waals surface area contributed by atoms with Crippen molar-refractivity contribution in [3.8, 4) is 16.9 Å². The molecule has 0 aromatic heterocycles. The summed E-state index contributed by atoms with van der Waals surface area (Å²) in [5.41, 5.74) is 8.18. The van der Waals surface area contributed by atoms with Crippen molar-refractivity contribution in [2.75, 3.05) is 33.0 Å². The van der Waals surface area contributed by atoms with Gasteiger partial charge < -0.3 is 15.4 Å². The molecule has 2 rings (SSSR count). The molecule has 3 nitrogen and oxygen atoms in total. The molecule has 2 aromatic carbocycles. The average molecular weight is 274 g/mol. The van der Waals surface area contributed by atoms with Crippen molar-refractivity contribution in [2.45, 2.75) is 0 Å². The standard InChI is InChI=1S/C16H19FN2O/c1-19(2)8-9-20-16-11-13(6-7-15(16)18)12-4-3-5-14(17)10-12/h3-7,10-11H,8-9,18H2,1-2H3. The molecule has 0 spiro atoms. The first-order chi connectivity index (χ1) is 9.56. The summed E-state index contributed by atoms with van der Waals surface area (Å²) in [7, 11) is 3.96. The molecule has 106 valence electrons. The number of hydrogen-bond acceptors (Lipinski definition) is 3. The number of ether oxygens (including phenoxy) is 1. The Hall–Kier alpha value is -2.07. The third-order valence-corrected chi connectivity index (χ3v) is 2.97. The third-order valence-electron chi connectivity index (χ3n) is 2.97. The molecule has 20 heavy (non-hydrogen) atoms. The molecule has 0 fully saturated rings. The van der Waals surface area contributed by atoms with Crippen molar-refractivity contribution in [3.63, 3.8) is 0 Å². The maximum atomic E-state index is 13.3. The Morgan fingerprint density at radius 1 is 1.10 bits per heavy atom. The minimum Gasteiger partial charge on any atom is -0.490 e. The van der Waals surface area contributed by atoms with Crippen LogP contribution in [0.2, 0.25) is 0 Å². The first kappa shape index (κ1) is 14.3. The van der Waals surface area contributed by atoms with Gasteiger partial charge in [0, 0.05) is 6.54 Å². The van der Waals surface area contributed by atoms with Crippen LogP contribution in [0.4, 0.5) is 10.1 Å². The Balaban J connectivity index is 2.20. The Labute approximate surface area is 118 Å². The minimum atomic E-state index is -0.255. The molecule has 0 bridgehead atoms. The van der Waals surface area contributed by atoms with Crippen LogP contribution in [-0.4, -0.2) is 32.1 Å². The minimum absolute atomic E-state index is 0.255. The zero-order valence-electron chi connectivity index (χ0n) is 11.8. The summed E-state index contributed by atoms with van der Waals surface area (Å²) in [6.45, 7) is 1.37. The zero-order valence-corrected chi connectivity index (χ0v) is 11.8. The lowest BCUT2D eigenvalue weighted by Crippen LogP contribution is -2.19. The molecule has 0 saturated carbocycles. The summed E-state index contributed by atoms with van der Waals surface area (Å²) in [4.78, 5) is 2.03. The molecule has 4 heteroatoms. The fourth-order valence-electron chi connectivity index (χ4n) is 1.85. The van der Waals surface area contributed by atoms with Crippen molar-refractivity contribution in [2.24, 2.45) is 0 Å². The molecule has 2 N–H and O–H groups in total. The van der Waals surface area contributed by atoms with Gasteiger partial charge in [-0.25, -0.2) is 4.39 Å². The van der Waals surface area contributed by atoms with Crippen molar-refractivity contribution in [1.29, 1.82) is 0 Å². The van der Waals surface area contributed by atoms with Gasteiger partial charge in [-0.3, -0.25) is 0 Å². The van der Waals surface area contributed by atoms with E-state index in [9.17, 15) is 4.39 Å². The summed E-state index contributed by atoms with van der Waals surface area (Å²) in [5, 5.41) is 0. The Kier molecular flexibility index (Phi) is 4.58. The van der Waals surface area contributed by atoms with E-state index in [1.165, 1.54) is 12.1 Å². The van der Waals surface area contributed by atoms with Gasteiger partial charge >= 0.3 is 0 Å². The van der Waals surface area contributed by atoms with Crippen LogP contribution < -0.4 is 10.5 Å². The molecule has 0 amide bonds. The highest BCUT2D eigenvalue weighted by Crippen LogP contribution is 2.29. The lowest BCUT2D eigenvalue weighted by Gasteiger charge is -2.13. The van der Waals surface area contributed by atoms with Crippen molar-refractivity contribution >= 4 is 5.69 Å². The smallest absolute Gasteiger partial charge is 0.142 e. The number of hydrogen-bond donors (Lipinski definition) is 1. The van der Waals surface area contributed by atoms with Gasteiger partial charge in [0.25, 0.3) is 0 Å². The van der Waals surface area contributed by atoms with Gasteiger partial charge in [-0.15, -0.1) is 0 Å². The number of anilines is 1. The van der Waals surface area contributed by atoms with Gasteiger partial charge in [-0.2, -0.15) is 0 Å². The Morgan fingerprint density at radius 3 is 2.55 bits per heavy atom. The van der Waals surface area contributed by atoms with E-state index in [4.69, 9.17) is 10.5 Å². The van der Waals surface area contributed by atoms with Crippen LogP contribution in [0.25, 0.3) is 11.1 Å². The van der Waals surface area contributed by atoms with Crippen LogP contribution >= 0.6 is 0 Å². The van der Waals surface area contributed by atoms with Crippen LogP contribution in [0.3, 0.4) is 0 Å². The highest BCUT2D eigenvalue weighted by molar-refractivity contribution is 5.69. The number of likely N-dealkylation sites (N-methyl/N-ethyl adjacent to an activating group) is 1. The summed E-state index contributed by atoms with van der Waals surface area (Å²) in [5.74, 6) is 0.378. The van der Waals surface area contributed by atoms with Gasteiger partial charge in [0.1, 0.15) is 18.2 Å². The fourth-order valence-corrected chi connectivity index (χ4v) is 1.85. The number of halogens is 1. The second-order valence-corrected chi connectivity index (χ2v) is 4.91. The SMILES string of the molecule is CN(C)CCOc1cc(-c2cccc(F)c2)ccc1N.